The summed E-state index contributed by atoms with van der Waals surface area (Å²) in [7, 11) is -2.06. The molecule has 1 heterocycles. The molecule has 5 nitrogen and oxygen atoms in total. The summed E-state index contributed by atoms with van der Waals surface area (Å²) in [6.45, 7) is 2.08. The van der Waals surface area contributed by atoms with Crippen LogP contribution in [0.1, 0.15) is 27.2 Å². The lowest BCUT2D eigenvalue weighted by Gasteiger charge is -2.00. The van der Waals surface area contributed by atoms with Gasteiger partial charge in [0.15, 0.2) is 9.84 Å². The fraction of sp³-hybridized carbons (Fsp3) is 0.130. The van der Waals surface area contributed by atoms with Gasteiger partial charge in [-0.05, 0) is 31.2 Å². The SMILES string of the molecule is COC(=O)c1ccc(C#Cc2ccccc2S(C)(=O)=O)cn1.Cc1ccccc1. The zero-order chi connectivity index (χ0) is 21.3. The van der Waals surface area contributed by atoms with Crippen molar-refractivity contribution in [2.75, 3.05) is 13.4 Å². The number of aromatic nitrogens is 1. The van der Waals surface area contributed by atoms with Crippen LogP contribution in [0, 0.1) is 18.8 Å². The summed E-state index contributed by atoms with van der Waals surface area (Å²) in [6.07, 6.45) is 2.57. The molecule has 3 rings (SSSR count). The summed E-state index contributed by atoms with van der Waals surface area (Å²) in [5, 5.41) is 0. The third kappa shape index (κ3) is 6.91. The molecule has 0 amide bonds. The molecule has 0 saturated carbocycles. The van der Waals surface area contributed by atoms with E-state index in [0.29, 0.717) is 11.1 Å². The Morgan fingerprint density at radius 1 is 0.931 bits per heavy atom. The summed E-state index contributed by atoms with van der Waals surface area (Å²) in [5.41, 5.74) is 2.49. The molecule has 3 aromatic rings. The van der Waals surface area contributed by atoms with Crippen LogP contribution in [0.3, 0.4) is 0 Å². The van der Waals surface area contributed by atoms with Gasteiger partial charge in [-0.2, -0.15) is 0 Å². The Balaban J connectivity index is 0.000000360. The molecule has 0 fully saturated rings. The maximum atomic E-state index is 11.7. The number of carbonyl (C=O) groups is 1. The highest BCUT2D eigenvalue weighted by Gasteiger charge is 2.10. The number of nitrogens with zero attached hydrogens (tertiary/aromatic N) is 1. The number of esters is 1. The highest BCUT2D eigenvalue weighted by molar-refractivity contribution is 7.90. The summed E-state index contributed by atoms with van der Waals surface area (Å²) in [6, 6.07) is 19.9. The van der Waals surface area contributed by atoms with E-state index in [9.17, 15) is 13.2 Å². The van der Waals surface area contributed by atoms with Crippen LogP contribution >= 0.6 is 0 Å². The highest BCUT2D eigenvalue weighted by Crippen LogP contribution is 2.14. The second kappa shape index (κ2) is 10.2. The lowest BCUT2D eigenvalue weighted by atomic mass is 10.2. The maximum Gasteiger partial charge on any atom is 0.356 e. The van der Waals surface area contributed by atoms with Crippen LogP contribution in [0.25, 0.3) is 0 Å². The first-order valence-corrected chi connectivity index (χ1v) is 10.6. The minimum atomic E-state index is -3.34. The van der Waals surface area contributed by atoms with Gasteiger partial charge in [-0.25, -0.2) is 18.2 Å². The largest absolute Gasteiger partial charge is 0.464 e. The Morgan fingerprint density at radius 2 is 1.59 bits per heavy atom. The zero-order valence-electron chi connectivity index (χ0n) is 16.4. The zero-order valence-corrected chi connectivity index (χ0v) is 17.2. The second-order valence-corrected chi connectivity index (χ2v) is 8.08. The Labute approximate surface area is 171 Å². The van der Waals surface area contributed by atoms with Gasteiger partial charge in [0, 0.05) is 23.6 Å². The predicted octanol–water partition coefficient (Wildman–Crippen LogP) is 3.67. The molecule has 0 aliphatic heterocycles. The fourth-order valence-electron chi connectivity index (χ4n) is 2.26. The smallest absolute Gasteiger partial charge is 0.356 e. The summed E-state index contributed by atoms with van der Waals surface area (Å²) in [4.78, 5) is 15.4. The second-order valence-electron chi connectivity index (χ2n) is 6.10. The molecule has 0 saturated heterocycles. The van der Waals surface area contributed by atoms with Gasteiger partial charge < -0.3 is 4.74 Å². The summed E-state index contributed by atoms with van der Waals surface area (Å²) < 4.78 is 27.9. The van der Waals surface area contributed by atoms with Gasteiger partial charge >= 0.3 is 5.97 Å². The number of pyridine rings is 1. The van der Waals surface area contributed by atoms with Crippen molar-refractivity contribution >= 4 is 15.8 Å². The monoisotopic (exact) mass is 407 g/mol. The lowest BCUT2D eigenvalue weighted by Crippen LogP contribution is -2.03. The van der Waals surface area contributed by atoms with Gasteiger partial charge in [0.2, 0.25) is 0 Å². The molecule has 0 atom stereocenters. The molecular weight excluding hydrogens is 386 g/mol. The third-order valence-electron chi connectivity index (χ3n) is 3.73. The minimum absolute atomic E-state index is 0.182. The third-order valence-corrected chi connectivity index (χ3v) is 4.88. The van der Waals surface area contributed by atoms with Crippen LogP contribution in [0.2, 0.25) is 0 Å². The average Bonchev–Trinajstić information content (AvgIpc) is 2.72. The quantitative estimate of drug-likeness (QED) is 0.479. The van der Waals surface area contributed by atoms with Crippen LogP contribution in [0.15, 0.2) is 77.8 Å². The van der Waals surface area contributed by atoms with E-state index < -0.39 is 15.8 Å². The normalized spacial score (nSPS) is 10.0. The number of carbonyl (C=O) groups excluding carboxylic acids is 1. The molecule has 0 aliphatic carbocycles. The van der Waals surface area contributed by atoms with E-state index in [1.807, 2.05) is 18.2 Å². The van der Waals surface area contributed by atoms with Gasteiger partial charge in [0.1, 0.15) is 5.69 Å². The Kier molecular flexibility index (Phi) is 7.70. The van der Waals surface area contributed by atoms with Crippen LogP contribution in [-0.2, 0) is 14.6 Å². The summed E-state index contributed by atoms with van der Waals surface area (Å²) >= 11 is 0. The van der Waals surface area contributed by atoms with E-state index in [0.717, 1.165) is 6.26 Å². The molecule has 1 aromatic heterocycles. The van der Waals surface area contributed by atoms with Crippen molar-refractivity contribution < 1.29 is 17.9 Å². The van der Waals surface area contributed by atoms with Crippen molar-refractivity contribution in [2.45, 2.75) is 11.8 Å². The summed E-state index contributed by atoms with van der Waals surface area (Å²) in [5.74, 6) is 5.12. The topological polar surface area (TPSA) is 73.3 Å². The Morgan fingerprint density at radius 3 is 2.10 bits per heavy atom. The van der Waals surface area contributed by atoms with E-state index in [1.54, 1.807) is 24.3 Å². The van der Waals surface area contributed by atoms with Gasteiger partial charge in [-0.3, -0.25) is 0 Å². The van der Waals surface area contributed by atoms with E-state index in [1.165, 1.54) is 31.0 Å². The number of rotatable bonds is 2. The van der Waals surface area contributed by atoms with Gasteiger partial charge in [0.25, 0.3) is 0 Å². The number of aryl methyl sites for hydroxylation is 1. The van der Waals surface area contributed by atoms with Crippen molar-refractivity contribution in [3.05, 3.63) is 95.3 Å². The first-order valence-electron chi connectivity index (χ1n) is 8.68. The molecule has 0 aliphatic rings. The van der Waals surface area contributed by atoms with Gasteiger partial charge in [-0.1, -0.05) is 59.9 Å². The molecule has 148 valence electrons. The number of sulfone groups is 1. The number of benzene rings is 2. The van der Waals surface area contributed by atoms with E-state index >= 15 is 0 Å². The minimum Gasteiger partial charge on any atom is -0.464 e. The van der Waals surface area contributed by atoms with Crippen LogP contribution in [-0.4, -0.2) is 32.7 Å². The standard InChI is InChI=1S/C16H13NO4S.C7H8/c1-21-16(18)14-10-8-12(11-17-14)7-9-13-5-3-4-6-15(13)22(2,19)20;1-7-5-3-2-4-6-7/h3-6,8,10-11H,1-2H3;2-6H,1H3. The average molecular weight is 407 g/mol. The van der Waals surface area contributed by atoms with E-state index in [2.05, 4.69) is 40.6 Å². The van der Waals surface area contributed by atoms with Crippen molar-refractivity contribution in [1.29, 1.82) is 0 Å². The highest BCUT2D eigenvalue weighted by atomic mass is 32.2. The molecule has 0 radical (unpaired) electrons. The molecule has 6 heteroatoms. The number of hydrogen-bond acceptors (Lipinski definition) is 5. The van der Waals surface area contributed by atoms with Gasteiger partial charge in [0.05, 0.1) is 12.0 Å². The Bertz CT molecular complexity index is 1130. The molecule has 0 spiro atoms. The van der Waals surface area contributed by atoms with E-state index in [-0.39, 0.29) is 10.6 Å². The van der Waals surface area contributed by atoms with Crippen LogP contribution < -0.4 is 0 Å². The molecule has 0 unspecified atom stereocenters. The van der Waals surface area contributed by atoms with Crippen LogP contribution in [0.5, 0.6) is 0 Å². The molecular formula is C23H21NO4S. The van der Waals surface area contributed by atoms with Gasteiger partial charge in [-0.15, -0.1) is 0 Å². The fourth-order valence-corrected chi connectivity index (χ4v) is 3.10. The number of methoxy groups -OCH3 is 1. The predicted molar refractivity (Wildman–Crippen MR) is 112 cm³/mol. The van der Waals surface area contributed by atoms with Crippen molar-refractivity contribution in [2.24, 2.45) is 0 Å². The first kappa shape index (κ1) is 21.9. The number of hydrogen-bond donors (Lipinski definition) is 0. The van der Waals surface area contributed by atoms with Crippen LogP contribution in [0.4, 0.5) is 0 Å². The van der Waals surface area contributed by atoms with E-state index in [4.69, 9.17) is 0 Å². The molecule has 29 heavy (non-hydrogen) atoms. The molecule has 0 bridgehead atoms. The molecule has 2 aromatic carbocycles. The van der Waals surface area contributed by atoms with Crippen molar-refractivity contribution in [3.8, 4) is 11.8 Å². The van der Waals surface area contributed by atoms with Crippen molar-refractivity contribution in [3.63, 3.8) is 0 Å². The number of ether oxygens (including phenoxy) is 1. The first-order chi connectivity index (χ1) is 13.8. The Hall–Kier alpha value is -3.43. The maximum absolute atomic E-state index is 11.7. The molecule has 0 N–H and O–H groups in total. The van der Waals surface area contributed by atoms with Crippen molar-refractivity contribution in [1.82, 2.24) is 4.98 Å². The lowest BCUT2D eigenvalue weighted by molar-refractivity contribution is 0.0594.